The molecule has 5 aromatic rings. The second-order valence-corrected chi connectivity index (χ2v) is 12.9. The van der Waals surface area contributed by atoms with Gasteiger partial charge in [0.25, 0.3) is 0 Å². The minimum Gasteiger partial charge on any atom is -0.317 e. The van der Waals surface area contributed by atoms with Crippen molar-refractivity contribution in [3.63, 3.8) is 0 Å². The van der Waals surface area contributed by atoms with Gasteiger partial charge in [0.05, 0.1) is 22.8 Å². The van der Waals surface area contributed by atoms with E-state index in [0.717, 1.165) is 59.3 Å². The Balaban J connectivity index is 1.27. The summed E-state index contributed by atoms with van der Waals surface area (Å²) >= 11 is 0. The summed E-state index contributed by atoms with van der Waals surface area (Å²) in [4.78, 5) is 32.3. The summed E-state index contributed by atoms with van der Waals surface area (Å²) in [6.45, 7) is 10.1. The van der Waals surface area contributed by atoms with Crippen LogP contribution < -0.4 is 16.0 Å². The quantitative estimate of drug-likeness (QED) is 0.167. The molecule has 45 heavy (non-hydrogen) atoms. The third kappa shape index (κ3) is 6.81. The molecule has 3 aromatic carbocycles. The minimum atomic E-state index is -0.387. The third-order valence-electron chi connectivity index (χ3n) is 8.49. The van der Waals surface area contributed by atoms with Crippen LogP contribution in [0.15, 0.2) is 91.0 Å². The van der Waals surface area contributed by atoms with Crippen LogP contribution in [0.5, 0.6) is 0 Å². The van der Waals surface area contributed by atoms with E-state index in [2.05, 4.69) is 36.7 Å². The number of carbonyl (C=O) groups is 2. The molecule has 1 aliphatic heterocycles. The smallest absolute Gasteiger partial charge is 0.317 e. The number of urea groups is 1. The fraction of sp³-hybridized carbons (Fsp3) is 0.297. The van der Waals surface area contributed by atoms with Gasteiger partial charge in [-0.25, -0.2) is 14.5 Å². The van der Waals surface area contributed by atoms with Crippen LogP contribution in [0.1, 0.15) is 66.8 Å². The molecule has 3 heterocycles. The van der Waals surface area contributed by atoms with E-state index < -0.39 is 0 Å². The van der Waals surface area contributed by atoms with Gasteiger partial charge in [0, 0.05) is 22.6 Å². The van der Waals surface area contributed by atoms with E-state index in [1.165, 1.54) is 0 Å². The molecule has 0 spiro atoms. The fourth-order valence-electron chi connectivity index (χ4n) is 5.99. The number of rotatable bonds is 7. The van der Waals surface area contributed by atoms with E-state index in [4.69, 9.17) is 10.1 Å². The van der Waals surface area contributed by atoms with E-state index in [0.29, 0.717) is 17.2 Å². The Hall–Kier alpha value is -4.82. The summed E-state index contributed by atoms with van der Waals surface area (Å²) in [5.41, 5.74) is 5.43. The summed E-state index contributed by atoms with van der Waals surface area (Å²) in [7, 11) is 0. The van der Waals surface area contributed by atoms with Crippen molar-refractivity contribution in [2.45, 2.75) is 51.9 Å². The van der Waals surface area contributed by atoms with Crippen molar-refractivity contribution >= 4 is 34.2 Å². The number of nitrogens with zero attached hydrogens (tertiary/aromatic N) is 3. The molecule has 230 valence electrons. The van der Waals surface area contributed by atoms with E-state index in [1.807, 2.05) is 97.9 Å². The lowest BCUT2D eigenvalue weighted by molar-refractivity contribution is 0.0911. The number of nitrogens with one attached hydrogen (secondary N) is 3. The zero-order valence-electron chi connectivity index (χ0n) is 26.3. The Morgan fingerprint density at radius 2 is 1.64 bits per heavy atom. The zero-order valence-corrected chi connectivity index (χ0v) is 26.3. The van der Waals surface area contributed by atoms with Crippen molar-refractivity contribution in [3.05, 3.63) is 114 Å². The summed E-state index contributed by atoms with van der Waals surface area (Å²) in [5, 5.41) is 15.2. The highest BCUT2D eigenvalue weighted by atomic mass is 16.2. The van der Waals surface area contributed by atoms with E-state index >= 15 is 0 Å². The van der Waals surface area contributed by atoms with Crippen LogP contribution >= 0.6 is 0 Å². The van der Waals surface area contributed by atoms with Gasteiger partial charge in [-0.2, -0.15) is 5.10 Å². The Morgan fingerprint density at radius 3 is 2.40 bits per heavy atom. The number of amides is 2. The van der Waals surface area contributed by atoms with Crippen molar-refractivity contribution in [1.29, 1.82) is 0 Å². The second kappa shape index (κ2) is 12.7. The highest BCUT2D eigenvalue weighted by molar-refractivity contribution is 6.02. The summed E-state index contributed by atoms with van der Waals surface area (Å²) < 4.78 is 1.76. The van der Waals surface area contributed by atoms with Crippen LogP contribution in [0, 0.1) is 12.8 Å². The van der Waals surface area contributed by atoms with E-state index in [9.17, 15) is 9.59 Å². The standard InChI is InChI=1S/C37H40N6O2/c1-24-12-15-29(16-13-24)43-33(23-32(42-43)37(2,3)4)41-36(45)39-28-10-7-9-27(22-28)34(26-18-20-38-21-19-26)35(44)31-17-14-25-8-5-6-11-30(25)40-31/h5-17,22-23,26,34,38H,18-21H2,1-4H3,(H2,39,41,45). The van der Waals surface area contributed by atoms with Gasteiger partial charge in [0.15, 0.2) is 5.78 Å². The monoisotopic (exact) mass is 600 g/mol. The summed E-state index contributed by atoms with van der Waals surface area (Å²) in [5.74, 6) is 0.368. The number of hydrogen-bond donors (Lipinski definition) is 3. The van der Waals surface area contributed by atoms with Gasteiger partial charge in [-0.3, -0.25) is 10.1 Å². The van der Waals surface area contributed by atoms with Crippen LogP contribution in [-0.4, -0.2) is 39.7 Å². The average molecular weight is 601 g/mol. The van der Waals surface area contributed by atoms with Crippen molar-refractivity contribution in [1.82, 2.24) is 20.1 Å². The van der Waals surface area contributed by atoms with Gasteiger partial charge in [0.1, 0.15) is 11.5 Å². The third-order valence-corrected chi connectivity index (χ3v) is 8.49. The minimum absolute atomic E-state index is 0.00552. The molecule has 1 fully saturated rings. The number of aromatic nitrogens is 3. The number of piperidine rings is 1. The molecular formula is C37H40N6O2. The Bertz CT molecular complexity index is 1830. The number of para-hydroxylation sites is 1. The molecule has 0 saturated carbocycles. The molecule has 0 aliphatic carbocycles. The van der Waals surface area contributed by atoms with Crippen LogP contribution in [0.2, 0.25) is 0 Å². The number of hydrogen-bond acceptors (Lipinski definition) is 5. The first kappa shape index (κ1) is 30.2. The number of aryl methyl sites for hydroxylation is 1. The highest BCUT2D eigenvalue weighted by Gasteiger charge is 2.32. The molecule has 8 nitrogen and oxygen atoms in total. The maximum Gasteiger partial charge on any atom is 0.324 e. The molecule has 8 heteroatoms. The molecule has 0 bridgehead atoms. The first-order chi connectivity index (χ1) is 21.7. The topological polar surface area (TPSA) is 101 Å². The van der Waals surface area contributed by atoms with Gasteiger partial charge >= 0.3 is 6.03 Å². The van der Waals surface area contributed by atoms with Crippen LogP contribution in [-0.2, 0) is 5.41 Å². The van der Waals surface area contributed by atoms with Gasteiger partial charge < -0.3 is 10.6 Å². The van der Waals surface area contributed by atoms with Crippen molar-refractivity contribution in [2.24, 2.45) is 5.92 Å². The second-order valence-electron chi connectivity index (χ2n) is 12.9. The van der Waals surface area contributed by atoms with Gasteiger partial charge in [0.2, 0.25) is 0 Å². The highest BCUT2D eigenvalue weighted by Crippen LogP contribution is 2.35. The summed E-state index contributed by atoms with van der Waals surface area (Å²) in [6, 6.07) is 28.8. The van der Waals surface area contributed by atoms with Gasteiger partial charge in [-0.1, -0.05) is 74.9 Å². The molecule has 1 saturated heterocycles. The number of ketones is 1. The predicted molar refractivity (Wildman–Crippen MR) is 180 cm³/mol. The zero-order chi connectivity index (χ0) is 31.6. The SMILES string of the molecule is Cc1ccc(-n2nc(C(C)(C)C)cc2NC(=O)Nc2cccc(C(C(=O)c3ccc4ccccc4n3)C3CCNCC3)c2)cc1. The normalized spacial score (nSPS) is 14.7. The Kier molecular flexibility index (Phi) is 8.50. The van der Waals surface area contributed by atoms with Crippen LogP contribution in [0.3, 0.4) is 0 Å². The molecule has 1 unspecified atom stereocenters. The maximum atomic E-state index is 14.1. The lowest BCUT2D eigenvalue weighted by Crippen LogP contribution is -2.34. The largest absolute Gasteiger partial charge is 0.324 e. The Morgan fingerprint density at radius 1 is 0.889 bits per heavy atom. The van der Waals surface area contributed by atoms with Gasteiger partial charge in [-0.05, 0) is 80.7 Å². The van der Waals surface area contributed by atoms with Crippen molar-refractivity contribution in [2.75, 3.05) is 23.7 Å². The predicted octanol–water partition coefficient (Wildman–Crippen LogP) is 7.64. The molecule has 1 aliphatic rings. The van der Waals surface area contributed by atoms with Crippen molar-refractivity contribution < 1.29 is 9.59 Å². The first-order valence-corrected chi connectivity index (χ1v) is 15.6. The van der Waals surface area contributed by atoms with Gasteiger partial charge in [-0.15, -0.1) is 0 Å². The van der Waals surface area contributed by atoms with E-state index in [1.54, 1.807) is 4.68 Å². The number of benzene rings is 3. The van der Waals surface area contributed by atoms with E-state index in [-0.39, 0.29) is 29.1 Å². The van der Waals surface area contributed by atoms with Crippen molar-refractivity contribution in [3.8, 4) is 5.69 Å². The molecule has 2 amide bonds. The average Bonchev–Trinajstić information content (AvgIpc) is 3.46. The first-order valence-electron chi connectivity index (χ1n) is 15.6. The number of Topliss-reactive ketones (excluding diaryl/α,β-unsaturated/α-hetero) is 1. The maximum absolute atomic E-state index is 14.1. The lowest BCUT2D eigenvalue weighted by Gasteiger charge is -2.30. The molecular weight excluding hydrogens is 560 g/mol. The molecule has 6 rings (SSSR count). The number of anilines is 2. The number of pyridine rings is 1. The number of carbonyl (C=O) groups excluding carboxylic acids is 2. The van der Waals surface area contributed by atoms with Crippen LogP contribution in [0.25, 0.3) is 16.6 Å². The fourth-order valence-corrected chi connectivity index (χ4v) is 5.99. The number of fused-ring (bicyclic) bond motifs is 1. The molecule has 1 atom stereocenters. The summed E-state index contributed by atoms with van der Waals surface area (Å²) in [6.07, 6.45) is 1.78. The van der Waals surface area contributed by atoms with Crippen LogP contribution in [0.4, 0.5) is 16.3 Å². The molecule has 0 radical (unpaired) electrons. The Labute approximate surface area is 264 Å². The molecule has 3 N–H and O–H groups in total. The molecule has 2 aromatic heterocycles. The lowest BCUT2D eigenvalue weighted by atomic mass is 9.77.